The van der Waals surface area contributed by atoms with E-state index in [9.17, 15) is 9.59 Å². The second-order valence-corrected chi connectivity index (χ2v) is 6.77. The zero-order chi connectivity index (χ0) is 19.2. The Bertz CT molecular complexity index is 1020. The molecule has 1 amide bonds. The normalized spacial score (nSPS) is 10.4. The molecule has 1 heterocycles. The molecule has 6 nitrogen and oxygen atoms in total. The van der Waals surface area contributed by atoms with Crippen LogP contribution in [0.25, 0.3) is 5.69 Å². The number of carbonyl (C=O) groups excluding carboxylic acids is 1. The lowest BCUT2D eigenvalue weighted by atomic mass is 10.3. The molecule has 1 N–H and O–H groups in total. The zero-order valence-electron chi connectivity index (χ0n) is 14.4. The predicted octanol–water partition coefficient (Wildman–Crippen LogP) is 3.63. The molecular weight excluding hydrogens is 386 g/mol. The minimum Gasteiger partial charge on any atom is -0.495 e. The highest BCUT2D eigenvalue weighted by molar-refractivity contribution is 7.99. The van der Waals surface area contributed by atoms with Crippen LogP contribution in [0.1, 0.15) is 0 Å². The van der Waals surface area contributed by atoms with Gasteiger partial charge in [0.15, 0.2) is 5.03 Å². The summed E-state index contributed by atoms with van der Waals surface area (Å²) in [5, 5.41) is 3.39. The van der Waals surface area contributed by atoms with Gasteiger partial charge in [-0.3, -0.25) is 14.2 Å². The standard InChI is InChI=1S/C19H16ClN3O3S/c1-26-16-9-5-4-8-15(16)23-11-10-21-18(19(23)25)27-12-17(24)22-14-7-3-2-6-13(14)20/h2-11H,12H2,1H3,(H,22,24). The van der Waals surface area contributed by atoms with Gasteiger partial charge in [-0.1, -0.05) is 47.6 Å². The van der Waals surface area contributed by atoms with Gasteiger partial charge >= 0.3 is 0 Å². The molecule has 0 radical (unpaired) electrons. The van der Waals surface area contributed by atoms with Crippen LogP contribution < -0.4 is 15.6 Å². The summed E-state index contributed by atoms with van der Waals surface area (Å²) in [5.74, 6) is 0.323. The number of hydrogen-bond acceptors (Lipinski definition) is 5. The summed E-state index contributed by atoms with van der Waals surface area (Å²) >= 11 is 7.09. The zero-order valence-corrected chi connectivity index (χ0v) is 16.0. The molecule has 1 aromatic heterocycles. The summed E-state index contributed by atoms with van der Waals surface area (Å²) in [4.78, 5) is 29.0. The number of thioether (sulfide) groups is 1. The topological polar surface area (TPSA) is 73.2 Å². The summed E-state index contributed by atoms with van der Waals surface area (Å²) in [6, 6.07) is 14.1. The molecule has 2 aromatic carbocycles. The lowest BCUT2D eigenvalue weighted by Crippen LogP contribution is -2.22. The Morgan fingerprint density at radius 1 is 1.22 bits per heavy atom. The van der Waals surface area contributed by atoms with E-state index in [1.165, 1.54) is 10.8 Å². The molecule has 3 rings (SSSR count). The number of para-hydroxylation sites is 3. The number of ether oxygens (including phenoxy) is 1. The second kappa shape index (κ2) is 8.75. The van der Waals surface area contributed by atoms with Crippen molar-refractivity contribution >= 4 is 35.0 Å². The number of carbonyl (C=O) groups is 1. The Morgan fingerprint density at radius 3 is 2.74 bits per heavy atom. The van der Waals surface area contributed by atoms with Gasteiger partial charge in [0.2, 0.25) is 5.91 Å². The maximum atomic E-state index is 12.7. The molecule has 0 spiro atoms. The van der Waals surface area contributed by atoms with Gasteiger partial charge in [-0.25, -0.2) is 4.98 Å². The van der Waals surface area contributed by atoms with Gasteiger partial charge in [0.1, 0.15) is 5.75 Å². The summed E-state index contributed by atoms with van der Waals surface area (Å²) in [6.07, 6.45) is 3.08. The van der Waals surface area contributed by atoms with E-state index in [4.69, 9.17) is 16.3 Å². The van der Waals surface area contributed by atoms with Crippen LogP contribution in [-0.4, -0.2) is 28.3 Å². The second-order valence-electron chi connectivity index (χ2n) is 5.40. The number of benzene rings is 2. The minimum absolute atomic E-state index is 0.0312. The van der Waals surface area contributed by atoms with Crippen LogP contribution in [0, 0.1) is 0 Å². The molecule has 0 aliphatic rings. The quantitative estimate of drug-likeness (QED) is 0.638. The molecule has 0 saturated carbocycles. The van der Waals surface area contributed by atoms with Crippen molar-refractivity contribution in [3.63, 3.8) is 0 Å². The summed E-state index contributed by atoms with van der Waals surface area (Å²) in [7, 11) is 1.54. The van der Waals surface area contributed by atoms with Crippen LogP contribution in [0.5, 0.6) is 5.75 Å². The lowest BCUT2D eigenvalue weighted by molar-refractivity contribution is -0.113. The van der Waals surface area contributed by atoms with Crippen molar-refractivity contribution in [1.82, 2.24) is 9.55 Å². The third-order valence-electron chi connectivity index (χ3n) is 3.64. The van der Waals surface area contributed by atoms with E-state index < -0.39 is 0 Å². The van der Waals surface area contributed by atoms with Gasteiger partial charge in [-0.15, -0.1) is 0 Å². The molecule has 0 aliphatic heterocycles. The van der Waals surface area contributed by atoms with E-state index in [0.717, 1.165) is 11.8 Å². The van der Waals surface area contributed by atoms with E-state index in [2.05, 4.69) is 10.3 Å². The number of nitrogens with one attached hydrogen (secondary N) is 1. The van der Waals surface area contributed by atoms with E-state index in [0.29, 0.717) is 22.1 Å². The van der Waals surface area contributed by atoms with Gasteiger partial charge in [-0.2, -0.15) is 0 Å². The third kappa shape index (κ3) is 4.50. The Kier molecular flexibility index (Phi) is 6.16. The van der Waals surface area contributed by atoms with Gasteiger partial charge in [0.05, 0.1) is 29.3 Å². The van der Waals surface area contributed by atoms with Gasteiger partial charge in [0, 0.05) is 12.4 Å². The summed E-state index contributed by atoms with van der Waals surface area (Å²) in [6.45, 7) is 0. The van der Waals surface area contributed by atoms with Crippen molar-refractivity contribution in [2.45, 2.75) is 5.03 Å². The van der Waals surface area contributed by atoms with Crippen molar-refractivity contribution in [3.8, 4) is 11.4 Å². The Hall–Kier alpha value is -2.77. The first-order chi connectivity index (χ1) is 13.1. The van der Waals surface area contributed by atoms with Crippen LogP contribution in [0.3, 0.4) is 0 Å². The van der Waals surface area contributed by atoms with E-state index in [-0.39, 0.29) is 22.2 Å². The average Bonchev–Trinajstić information content (AvgIpc) is 2.69. The van der Waals surface area contributed by atoms with Crippen molar-refractivity contribution in [3.05, 3.63) is 76.3 Å². The third-order valence-corrected chi connectivity index (χ3v) is 4.93. The van der Waals surface area contributed by atoms with Crippen molar-refractivity contribution < 1.29 is 9.53 Å². The van der Waals surface area contributed by atoms with Gasteiger partial charge in [-0.05, 0) is 24.3 Å². The van der Waals surface area contributed by atoms with Crippen LogP contribution in [0.15, 0.2) is 70.7 Å². The van der Waals surface area contributed by atoms with Crippen LogP contribution in [0.4, 0.5) is 5.69 Å². The number of hydrogen-bond donors (Lipinski definition) is 1. The molecule has 0 unspecified atom stereocenters. The molecule has 138 valence electrons. The fourth-order valence-electron chi connectivity index (χ4n) is 2.39. The number of methoxy groups -OCH3 is 1. The molecule has 0 saturated heterocycles. The molecule has 27 heavy (non-hydrogen) atoms. The largest absolute Gasteiger partial charge is 0.495 e. The van der Waals surface area contributed by atoms with Crippen LogP contribution >= 0.6 is 23.4 Å². The highest BCUT2D eigenvalue weighted by Crippen LogP contribution is 2.22. The fraction of sp³-hybridized carbons (Fsp3) is 0.105. The first-order valence-electron chi connectivity index (χ1n) is 7.98. The van der Waals surface area contributed by atoms with Crippen LogP contribution in [-0.2, 0) is 4.79 Å². The van der Waals surface area contributed by atoms with Crippen molar-refractivity contribution in [2.75, 3.05) is 18.2 Å². The number of rotatable bonds is 6. The molecular formula is C19H16ClN3O3S. The predicted molar refractivity (Wildman–Crippen MR) is 107 cm³/mol. The molecule has 0 fully saturated rings. The molecule has 0 atom stereocenters. The number of halogens is 1. The number of amides is 1. The Morgan fingerprint density at radius 2 is 1.96 bits per heavy atom. The van der Waals surface area contributed by atoms with E-state index >= 15 is 0 Å². The fourth-order valence-corrected chi connectivity index (χ4v) is 3.27. The molecule has 0 bridgehead atoms. The number of aromatic nitrogens is 2. The van der Waals surface area contributed by atoms with Gasteiger partial charge in [0.25, 0.3) is 5.56 Å². The average molecular weight is 402 g/mol. The highest BCUT2D eigenvalue weighted by atomic mass is 35.5. The maximum Gasteiger partial charge on any atom is 0.287 e. The summed E-state index contributed by atoms with van der Waals surface area (Å²) < 4.78 is 6.75. The molecule has 0 aliphatic carbocycles. The first kappa shape index (κ1) is 19.0. The monoisotopic (exact) mass is 401 g/mol. The SMILES string of the molecule is COc1ccccc1-n1ccnc(SCC(=O)Nc2ccccc2Cl)c1=O. The van der Waals surface area contributed by atoms with Crippen LogP contribution in [0.2, 0.25) is 5.02 Å². The summed E-state index contributed by atoms with van der Waals surface area (Å²) in [5.41, 5.74) is 0.810. The number of nitrogens with zero attached hydrogens (tertiary/aromatic N) is 2. The minimum atomic E-state index is -0.322. The molecule has 3 aromatic rings. The van der Waals surface area contributed by atoms with E-state index in [1.54, 1.807) is 49.7 Å². The highest BCUT2D eigenvalue weighted by Gasteiger charge is 2.13. The molecule has 8 heteroatoms. The smallest absolute Gasteiger partial charge is 0.287 e. The Labute approximate surface area is 165 Å². The number of anilines is 1. The van der Waals surface area contributed by atoms with Crippen molar-refractivity contribution in [2.24, 2.45) is 0 Å². The Balaban J connectivity index is 1.76. The first-order valence-corrected chi connectivity index (χ1v) is 9.34. The van der Waals surface area contributed by atoms with E-state index in [1.807, 2.05) is 12.1 Å². The maximum absolute atomic E-state index is 12.7. The lowest BCUT2D eigenvalue weighted by Gasteiger charge is -2.11. The van der Waals surface area contributed by atoms with Crippen molar-refractivity contribution in [1.29, 1.82) is 0 Å². The van der Waals surface area contributed by atoms with Gasteiger partial charge < -0.3 is 10.1 Å².